The van der Waals surface area contributed by atoms with Gasteiger partial charge in [0.05, 0.1) is 23.1 Å². The molecule has 0 saturated carbocycles. The second kappa shape index (κ2) is 5.35. The summed E-state index contributed by atoms with van der Waals surface area (Å²) in [5.74, 6) is 0.322. The van der Waals surface area contributed by atoms with Gasteiger partial charge in [-0.25, -0.2) is 9.97 Å². The molecule has 0 saturated heterocycles. The first-order valence-electron chi connectivity index (χ1n) is 5.97. The smallest absolute Gasteiger partial charge is 0.196 e. The lowest BCUT2D eigenvalue weighted by molar-refractivity contribution is 0.104. The van der Waals surface area contributed by atoms with Crippen LogP contribution in [0.2, 0.25) is 10.2 Å². The van der Waals surface area contributed by atoms with Gasteiger partial charge in [-0.2, -0.15) is 0 Å². The number of H-pyrrole nitrogens is 1. The molecule has 0 bridgehead atoms. The summed E-state index contributed by atoms with van der Waals surface area (Å²) >= 11 is 12.2. The van der Waals surface area contributed by atoms with E-state index in [1.165, 1.54) is 13.4 Å². The second-order valence-electron chi connectivity index (χ2n) is 4.27. The van der Waals surface area contributed by atoms with Crippen LogP contribution in [-0.2, 0) is 0 Å². The highest BCUT2D eigenvalue weighted by molar-refractivity contribution is 6.38. The molecule has 2 aromatic heterocycles. The zero-order valence-corrected chi connectivity index (χ0v) is 12.4. The van der Waals surface area contributed by atoms with Crippen molar-refractivity contribution in [1.29, 1.82) is 0 Å². The van der Waals surface area contributed by atoms with Gasteiger partial charge in [0.25, 0.3) is 0 Å². The Morgan fingerprint density at radius 2 is 2.05 bits per heavy atom. The molecule has 3 aromatic rings. The van der Waals surface area contributed by atoms with Crippen molar-refractivity contribution in [3.8, 4) is 5.75 Å². The third-order valence-electron chi connectivity index (χ3n) is 3.09. The lowest BCUT2D eigenvalue weighted by Crippen LogP contribution is -2.02. The number of hydrogen-bond acceptors (Lipinski definition) is 4. The van der Waals surface area contributed by atoms with Gasteiger partial charge in [0.15, 0.2) is 5.78 Å². The van der Waals surface area contributed by atoms with Crippen LogP contribution in [0.25, 0.3) is 11.0 Å². The molecular formula is C14H9Cl2N3O2. The van der Waals surface area contributed by atoms with Crippen molar-refractivity contribution in [3.05, 3.63) is 52.0 Å². The minimum Gasteiger partial charge on any atom is -0.497 e. The average molecular weight is 322 g/mol. The van der Waals surface area contributed by atoms with Gasteiger partial charge in [0, 0.05) is 11.8 Å². The molecule has 0 aliphatic heterocycles. The number of nitrogens with one attached hydrogen (secondary N) is 1. The molecule has 7 heteroatoms. The number of methoxy groups -OCH3 is 1. The Morgan fingerprint density at radius 3 is 2.76 bits per heavy atom. The molecule has 0 aliphatic rings. The van der Waals surface area contributed by atoms with Crippen molar-refractivity contribution in [3.63, 3.8) is 0 Å². The van der Waals surface area contributed by atoms with E-state index in [2.05, 4.69) is 15.0 Å². The van der Waals surface area contributed by atoms with Gasteiger partial charge in [0.2, 0.25) is 0 Å². The molecule has 0 amide bonds. The summed E-state index contributed by atoms with van der Waals surface area (Å²) in [5.41, 5.74) is 1.24. The van der Waals surface area contributed by atoms with E-state index in [-0.39, 0.29) is 10.9 Å². The molecule has 2 heterocycles. The molecule has 3 rings (SSSR count). The van der Waals surface area contributed by atoms with Crippen molar-refractivity contribution >= 4 is 40.0 Å². The Morgan fingerprint density at radius 1 is 1.24 bits per heavy atom. The molecule has 0 atom stereocenters. The van der Waals surface area contributed by atoms with Crippen LogP contribution in [0, 0.1) is 0 Å². The lowest BCUT2D eigenvalue weighted by Gasteiger charge is -2.05. The molecule has 1 aromatic carbocycles. The zero-order valence-electron chi connectivity index (χ0n) is 10.9. The van der Waals surface area contributed by atoms with E-state index in [4.69, 9.17) is 27.9 Å². The number of ether oxygens (including phenoxy) is 1. The van der Waals surface area contributed by atoms with Crippen LogP contribution in [0.4, 0.5) is 0 Å². The summed E-state index contributed by atoms with van der Waals surface area (Å²) in [6, 6.07) is 4.87. The van der Waals surface area contributed by atoms with Crippen LogP contribution >= 0.6 is 23.2 Å². The standard InChI is InChI=1S/C14H9Cl2N3O2/c1-21-7-2-3-8(10(15)4-7)12(20)9-5-17-14-11(9)13(16)18-6-19-14/h2-6H,1H3,(H,17,18,19). The summed E-state index contributed by atoms with van der Waals surface area (Å²) in [6.07, 6.45) is 2.88. The van der Waals surface area contributed by atoms with Gasteiger partial charge in [-0.15, -0.1) is 0 Å². The molecule has 106 valence electrons. The van der Waals surface area contributed by atoms with Crippen LogP contribution < -0.4 is 4.74 Å². The van der Waals surface area contributed by atoms with Crippen molar-refractivity contribution in [2.75, 3.05) is 7.11 Å². The molecule has 0 radical (unpaired) electrons. The molecule has 1 N–H and O–H groups in total. The minimum absolute atomic E-state index is 0.217. The van der Waals surface area contributed by atoms with Crippen LogP contribution in [0.3, 0.4) is 0 Å². The van der Waals surface area contributed by atoms with Crippen LogP contribution in [0.1, 0.15) is 15.9 Å². The predicted octanol–water partition coefficient (Wildman–Crippen LogP) is 3.50. The number of benzene rings is 1. The van der Waals surface area contributed by atoms with E-state index >= 15 is 0 Å². The van der Waals surface area contributed by atoms with Gasteiger partial charge in [-0.1, -0.05) is 23.2 Å². The van der Waals surface area contributed by atoms with Gasteiger partial charge in [-0.3, -0.25) is 4.79 Å². The number of halogens is 2. The normalized spacial score (nSPS) is 10.8. The summed E-state index contributed by atoms with van der Waals surface area (Å²) in [4.78, 5) is 23.5. The van der Waals surface area contributed by atoms with E-state index in [0.29, 0.717) is 32.9 Å². The van der Waals surface area contributed by atoms with Crippen LogP contribution in [0.5, 0.6) is 5.75 Å². The first-order valence-corrected chi connectivity index (χ1v) is 6.73. The summed E-state index contributed by atoms with van der Waals surface area (Å²) in [7, 11) is 1.53. The maximum absolute atomic E-state index is 12.6. The van der Waals surface area contributed by atoms with Crippen LogP contribution in [0.15, 0.2) is 30.7 Å². The van der Waals surface area contributed by atoms with Crippen molar-refractivity contribution < 1.29 is 9.53 Å². The molecule has 0 unspecified atom stereocenters. The highest BCUT2D eigenvalue weighted by atomic mass is 35.5. The first-order chi connectivity index (χ1) is 10.1. The maximum Gasteiger partial charge on any atom is 0.196 e. The fourth-order valence-corrected chi connectivity index (χ4v) is 2.55. The fourth-order valence-electron chi connectivity index (χ4n) is 2.06. The highest BCUT2D eigenvalue weighted by Crippen LogP contribution is 2.29. The van der Waals surface area contributed by atoms with E-state index < -0.39 is 0 Å². The predicted molar refractivity (Wildman–Crippen MR) is 80.3 cm³/mol. The number of hydrogen-bond donors (Lipinski definition) is 1. The van der Waals surface area contributed by atoms with E-state index in [0.717, 1.165) is 0 Å². The first kappa shape index (κ1) is 13.9. The third kappa shape index (κ3) is 2.34. The number of nitrogens with zero attached hydrogens (tertiary/aromatic N) is 2. The Balaban J connectivity index is 2.13. The Hall–Kier alpha value is -2.11. The highest BCUT2D eigenvalue weighted by Gasteiger charge is 2.20. The second-order valence-corrected chi connectivity index (χ2v) is 5.03. The summed E-state index contributed by atoms with van der Waals surface area (Å²) in [6.45, 7) is 0. The Bertz CT molecular complexity index is 845. The molecule has 21 heavy (non-hydrogen) atoms. The SMILES string of the molecule is COc1ccc(C(=O)c2c[nH]c3ncnc(Cl)c23)c(Cl)c1. The van der Waals surface area contributed by atoms with E-state index in [9.17, 15) is 4.79 Å². The number of carbonyl (C=O) groups is 1. The molecular weight excluding hydrogens is 313 g/mol. The average Bonchev–Trinajstić information content (AvgIpc) is 2.92. The summed E-state index contributed by atoms with van der Waals surface area (Å²) < 4.78 is 5.07. The van der Waals surface area contributed by atoms with Crippen molar-refractivity contribution in [2.24, 2.45) is 0 Å². The van der Waals surface area contributed by atoms with Gasteiger partial charge < -0.3 is 9.72 Å². The quantitative estimate of drug-likeness (QED) is 0.592. The Kier molecular flexibility index (Phi) is 3.53. The number of rotatable bonds is 3. The zero-order chi connectivity index (χ0) is 15.0. The number of carbonyl (C=O) groups excluding carboxylic acids is 1. The minimum atomic E-state index is -0.259. The van der Waals surface area contributed by atoms with Gasteiger partial charge in [-0.05, 0) is 18.2 Å². The molecule has 0 spiro atoms. The lowest BCUT2D eigenvalue weighted by atomic mass is 10.0. The number of fused-ring (bicyclic) bond motifs is 1. The number of ketones is 1. The molecule has 0 fully saturated rings. The van der Waals surface area contributed by atoms with E-state index in [1.807, 2.05) is 0 Å². The number of aromatic amines is 1. The van der Waals surface area contributed by atoms with E-state index in [1.54, 1.807) is 24.4 Å². The fraction of sp³-hybridized carbons (Fsp3) is 0.0714. The molecule has 0 aliphatic carbocycles. The van der Waals surface area contributed by atoms with Gasteiger partial charge in [0.1, 0.15) is 22.9 Å². The molecule has 5 nitrogen and oxygen atoms in total. The Labute approximate surface area is 129 Å². The van der Waals surface area contributed by atoms with Crippen LogP contribution in [-0.4, -0.2) is 27.8 Å². The maximum atomic E-state index is 12.6. The third-order valence-corrected chi connectivity index (χ3v) is 3.69. The monoisotopic (exact) mass is 321 g/mol. The largest absolute Gasteiger partial charge is 0.497 e. The number of aromatic nitrogens is 3. The topological polar surface area (TPSA) is 67.9 Å². The van der Waals surface area contributed by atoms with Crippen molar-refractivity contribution in [2.45, 2.75) is 0 Å². The van der Waals surface area contributed by atoms with Crippen molar-refractivity contribution in [1.82, 2.24) is 15.0 Å². The van der Waals surface area contributed by atoms with Gasteiger partial charge >= 0.3 is 0 Å². The summed E-state index contributed by atoms with van der Waals surface area (Å²) in [5, 5.41) is 1.01.